The van der Waals surface area contributed by atoms with Gasteiger partial charge in [-0.25, -0.2) is 9.79 Å². The van der Waals surface area contributed by atoms with E-state index in [-0.39, 0.29) is 12.2 Å². The highest BCUT2D eigenvalue weighted by Crippen LogP contribution is 2.36. The molecular formula is C43H38N2O5S. The molecule has 1 aliphatic heterocycles. The molecule has 1 atom stereocenters. The lowest BCUT2D eigenvalue weighted by molar-refractivity contribution is -0.138. The molecule has 0 radical (unpaired) electrons. The second-order valence-electron chi connectivity index (χ2n) is 12.6. The van der Waals surface area contributed by atoms with Gasteiger partial charge in [-0.1, -0.05) is 128 Å². The van der Waals surface area contributed by atoms with Gasteiger partial charge in [-0.05, 0) is 64.1 Å². The first-order chi connectivity index (χ1) is 24.9. The van der Waals surface area contributed by atoms with Crippen LogP contribution in [0.2, 0.25) is 0 Å². The fourth-order valence-corrected chi connectivity index (χ4v) is 7.44. The number of ether oxygens (including phenoxy) is 3. The largest absolute Gasteiger partial charge is 0.493 e. The van der Waals surface area contributed by atoms with Crippen LogP contribution in [0.1, 0.15) is 60.5 Å². The van der Waals surface area contributed by atoms with E-state index in [1.807, 2.05) is 84.9 Å². The Hall–Kier alpha value is -5.73. The van der Waals surface area contributed by atoms with Crippen LogP contribution >= 0.6 is 11.3 Å². The Morgan fingerprint density at radius 2 is 1.65 bits per heavy atom. The molecular weight excluding hydrogens is 657 g/mol. The maximum atomic E-state index is 14.4. The number of hydrogen-bond donors (Lipinski definition) is 0. The summed E-state index contributed by atoms with van der Waals surface area (Å²) in [5, 5.41) is 2.30. The van der Waals surface area contributed by atoms with Crippen molar-refractivity contribution >= 4 is 39.9 Å². The fourth-order valence-electron chi connectivity index (χ4n) is 6.44. The fraction of sp³-hybridized carbons (Fsp3) is 0.186. The number of rotatable bonds is 10. The third-order valence-corrected chi connectivity index (χ3v) is 10.0. The highest BCUT2D eigenvalue weighted by molar-refractivity contribution is 7.07. The zero-order valence-corrected chi connectivity index (χ0v) is 29.8. The Labute approximate surface area is 300 Å². The highest BCUT2D eigenvalue weighted by atomic mass is 32.1. The molecule has 0 bridgehead atoms. The average molecular weight is 695 g/mol. The molecule has 1 aromatic heterocycles. The quantitative estimate of drug-likeness (QED) is 0.137. The summed E-state index contributed by atoms with van der Waals surface area (Å²) in [5.74, 6) is 0.973. The summed E-state index contributed by atoms with van der Waals surface area (Å²) in [6.07, 6.45) is 1.83. The van der Waals surface area contributed by atoms with Gasteiger partial charge < -0.3 is 14.2 Å². The summed E-state index contributed by atoms with van der Waals surface area (Å²) in [6, 6.07) is 36.9. The highest BCUT2D eigenvalue weighted by Gasteiger charge is 2.35. The molecule has 0 fully saturated rings. The molecule has 7 rings (SSSR count). The van der Waals surface area contributed by atoms with Crippen LogP contribution < -0.4 is 24.4 Å². The molecule has 7 nitrogen and oxygen atoms in total. The van der Waals surface area contributed by atoms with E-state index in [2.05, 4.69) is 50.2 Å². The van der Waals surface area contributed by atoms with E-state index in [0.717, 1.165) is 38.6 Å². The molecule has 0 saturated carbocycles. The number of carbonyl (C=O) groups excluding carboxylic acids is 1. The van der Waals surface area contributed by atoms with Gasteiger partial charge in [0.05, 0.1) is 35.6 Å². The zero-order valence-electron chi connectivity index (χ0n) is 29.0. The summed E-state index contributed by atoms with van der Waals surface area (Å²) in [6.45, 7) is 6.61. The number of fused-ring (bicyclic) bond motifs is 2. The Morgan fingerprint density at radius 3 is 2.39 bits per heavy atom. The number of thiazole rings is 1. The van der Waals surface area contributed by atoms with Crippen LogP contribution in [0.15, 0.2) is 131 Å². The van der Waals surface area contributed by atoms with Gasteiger partial charge in [0.2, 0.25) is 0 Å². The molecule has 0 spiro atoms. The van der Waals surface area contributed by atoms with Crippen molar-refractivity contribution in [1.82, 2.24) is 4.57 Å². The molecule has 1 aliphatic rings. The van der Waals surface area contributed by atoms with Gasteiger partial charge in [-0.2, -0.15) is 0 Å². The van der Waals surface area contributed by atoms with E-state index in [4.69, 9.17) is 19.2 Å². The van der Waals surface area contributed by atoms with E-state index in [1.165, 1.54) is 11.3 Å². The summed E-state index contributed by atoms with van der Waals surface area (Å²) < 4.78 is 19.7. The summed E-state index contributed by atoms with van der Waals surface area (Å²) in [5.41, 5.74) is 5.14. The first-order valence-corrected chi connectivity index (χ1v) is 17.8. The van der Waals surface area contributed by atoms with E-state index < -0.39 is 12.0 Å². The Kier molecular flexibility index (Phi) is 9.68. The van der Waals surface area contributed by atoms with Gasteiger partial charge in [-0.3, -0.25) is 9.36 Å². The summed E-state index contributed by atoms with van der Waals surface area (Å²) >= 11 is 1.28. The van der Waals surface area contributed by atoms with Gasteiger partial charge in [0.1, 0.15) is 6.61 Å². The van der Waals surface area contributed by atoms with E-state index in [0.29, 0.717) is 44.6 Å². The van der Waals surface area contributed by atoms with Crippen molar-refractivity contribution in [3.05, 3.63) is 168 Å². The summed E-state index contributed by atoms with van der Waals surface area (Å²) in [4.78, 5) is 33.6. The molecule has 6 aromatic rings. The van der Waals surface area contributed by atoms with E-state index in [9.17, 15) is 9.59 Å². The van der Waals surface area contributed by atoms with E-state index >= 15 is 0 Å². The molecule has 8 heteroatoms. The lowest BCUT2D eigenvalue weighted by Gasteiger charge is -2.26. The molecule has 0 amide bonds. The standard InChI is InChI=1S/C43H38N2O5S/c1-5-49-42(47)38-39(31-13-7-6-8-14-31)44-43-45(40(38)32-21-19-29(20-22-32)27(2)3)41(46)37(51-43)25-28-18-23-35(36(24-28)48-4)50-26-33-16-11-15-30-12-9-10-17-34(30)33/h6-25,27,40H,5,26H2,1-4H3/b37-25-/t40-/m0/s1. The van der Waals surface area contributed by atoms with Crippen molar-refractivity contribution in [1.29, 1.82) is 0 Å². The third kappa shape index (κ3) is 6.75. The van der Waals surface area contributed by atoms with Gasteiger partial charge in [-0.15, -0.1) is 0 Å². The van der Waals surface area contributed by atoms with Crippen LogP contribution in [0.5, 0.6) is 11.5 Å². The number of nitrogens with zero attached hydrogens (tertiary/aromatic N) is 2. The van der Waals surface area contributed by atoms with Crippen LogP contribution in [0.3, 0.4) is 0 Å². The van der Waals surface area contributed by atoms with Crippen LogP contribution in [0.4, 0.5) is 0 Å². The molecule has 5 aromatic carbocycles. The first kappa shape index (κ1) is 33.8. The van der Waals surface area contributed by atoms with Crippen molar-refractivity contribution in [2.75, 3.05) is 13.7 Å². The normalized spacial score (nSPS) is 14.4. The number of hydrogen-bond acceptors (Lipinski definition) is 7. The SMILES string of the molecule is CCOC(=O)C1=C(c2ccccc2)N=c2s/c(=C\c3ccc(OCc4cccc5ccccc45)c(OC)c3)c(=O)n2[C@H]1c1ccc(C(C)C)cc1. The Balaban J connectivity index is 1.31. The Morgan fingerprint density at radius 1 is 0.902 bits per heavy atom. The van der Waals surface area contributed by atoms with Crippen LogP contribution in [-0.4, -0.2) is 24.3 Å². The minimum absolute atomic E-state index is 0.192. The minimum Gasteiger partial charge on any atom is -0.493 e. The topological polar surface area (TPSA) is 79.1 Å². The number of aromatic nitrogens is 1. The van der Waals surface area contributed by atoms with Crippen LogP contribution in [0, 0.1) is 0 Å². The lowest BCUT2D eigenvalue weighted by atomic mass is 9.91. The first-order valence-electron chi connectivity index (χ1n) is 17.0. The zero-order chi connectivity index (χ0) is 35.5. The van der Waals surface area contributed by atoms with Crippen LogP contribution in [0.25, 0.3) is 22.5 Å². The van der Waals surface area contributed by atoms with Crippen molar-refractivity contribution < 1.29 is 19.0 Å². The molecule has 256 valence electrons. The molecule has 2 heterocycles. The summed E-state index contributed by atoms with van der Waals surface area (Å²) in [7, 11) is 1.60. The second kappa shape index (κ2) is 14.6. The minimum atomic E-state index is -0.738. The number of esters is 1. The van der Waals surface area contributed by atoms with Gasteiger partial charge in [0.15, 0.2) is 16.3 Å². The van der Waals surface area contributed by atoms with Crippen LogP contribution in [-0.2, 0) is 16.1 Å². The number of carbonyl (C=O) groups is 1. The van der Waals surface area contributed by atoms with Crippen molar-refractivity contribution in [3.8, 4) is 11.5 Å². The molecule has 0 N–H and O–H groups in total. The lowest BCUT2D eigenvalue weighted by Crippen LogP contribution is -2.40. The maximum absolute atomic E-state index is 14.4. The predicted octanol–water partition coefficient (Wildman–Crippen LogP) is 7.80. The number of methoxy groups -OCH3 is 1. The second-order valence-corrected chi connectivity index (χ2v) is 13.6. The van der Waals surface area contributed by atoms with Gasteiger partial charge >= 0.3 is 5.97 Å². The Bertz CT molecular complexity index is 2440. The molecule has 0 aliphatic carbocycles. The van der Waals surface area contributed by atoms with Crippen molar-refractivity contribution in [2.45, 2.75) is 39.3 Å². The third-order valence-electron chi connectivity index (χ3n) is 9.04. The van der Waals surface area contributed by atoms with Crippen molar-refractivity contribution in [2.24, 2.45) is 4.99 Å². The predicted molar refractivity (Wildman–Crippen MR) is 203 cm³/mol. The maximum Gasteiger partial charge on any atom is 0.338 e. The molecule has 0 unspecified atom stereocenters. The monoisotopic (exact) mass is 694 g/mol. The van der Waals surface area contributed by atoms with Gasteiger partial charge in [0, 0.05) is 5.56 Å². The smallest absolute Gasteiger partial charge is 0.338 e. The van der Waals surface area contributed by atoms with Crippen molar-refractivity contribution in [3.63, 3.8) is 0 Å². The van der Waals surface area contributed by atoms with E-state index in [1.54, 1.807) is 18.6 Å². The molecule has 51 heavy (non-hydrogen) atoms. The van der Waals surface area contributed by atoms with Gasteiger partial charge in [0.25, 0.3) is 5.56 Å². The average Bonchev–Trinajstić information content (AvgIpc) is 3.47. The number of benzene rings is 5. The molecule has 0 saturated heterocycles.